The van der Waals surface area contributed by atoms with Crippen LogP contribution in [0.1, 0.15) is 35.7 Å². The monoisotopic (exact) mass is 404 g/mol. The Hall–Kier alpha value is -3.06. The number of hydrogen-bond acceptors (Lipinski definition) is 5. The van der Waals surface area contributed by atoms with Crippen molar-refractivity contribution in [2.75, 3.05) is 13.2 Å². The van der Waals surface area contributed by atoms with Crippen molar-refractivity contribution in [1.82, 2.24) is 10.9 Å². The van der Waals surface area contributed by atoms with E-state index in [1.165, 1.54) is 12.1 Å². The molecule has 0 bridgehead atoms. The van der Waals surface area contributed by atoms with Gasteiger partial charge < -0.3 is 9.47 Å². The minimum Gasteiger partial charge on any atom is -0.482 e. The lowest BCUT2D eigenvalue weighted by Crippen LogP contribution is -2.43. The van der Waals surface area contributed by atoms with Gasteiger partial charge in [-0.05, 0) is 47.9 Å². The normalized spacial score (nSPS) is 10.3. The molecular weight excluding hydrogens is 384 g/mol. The van der Waals surface area contributed by atoms with E-state index < -0.39 is 24.4 Å². The number of ether oxygens (including phenoxy) is 2. The van der Waals surface area contributed by atoms with E-state index in [0.717, 1.165) is 5.56 Å². The summed E-state index contributed by atoms with van der Waals surface area (Å²) in [4.78, 5) is 35.1. The minimum absolute atomic E-state index is 0.318. The third-order valence-electron chi connectivity index (χ3n) is 3.69. The Morgan fingerprint density at radius 3 is 2.18 bits per heavy atom. The van der Waals surface area contributed by atoms with Crippen LogP contribution in [-0.4, -0.2) is 31.0 Å². The predicted octanol–water partition coefficient (Wildman–Crippen LogP) is 2.85. The van der Waals surface area contributed by atoms with Crippen molar-refractivity contribution in [2.24, 2.45) is 0 Å². The second-order valence-corrected chi connectivity index (χ2v) is 6.62. The highest BCUT2D eigenvalue weighted by Crippen LogP contribution is 2.18. The summed E-state index contributed by atoms with van der Waals surface area (Å²) in [6.07, 6.45) is 0. The molecule has 2 N–H and O–H groups in total. The molecule has 148 valence electrons. The summed E-state index contributed by atoms with van der Waals surface area (Å²) in [5, 5.41) is 0.491. The van der Waals surface area contributed by atoms with Crippen molar-refractivity contribution in [3.05, 3.63) is 64.7 Å². The second kappa shape index (κ2) is 10.3. The van der Waals surface area contributed by atoms with E-state index in [0.29, 0.717) is 22.3 Å². The van der Waals surface area contributed by atoms with Crippen LogP contribution in [0.25, 0.3) is 0 Å². The molecule has 2 amide bonds. The first-order valence-corrected chi connectivity index (χ1v) is 8.96. The molecule has 0 unspecified atom stereocenters. The molecule has 0 saturated carbocycles. The van der Waals surface area contributed by atoms with Crippen molar-refractivity contribution in [3.8, 4) is 5.75 Å². The van der Waals surface area contributed by atoms with E-state index in [9.17, 15) is 14.4 Å². The fourth-order valence-electron chi connectivity index (χ4n) is 2.11. The summed E-state index contributed by atoms with van der Waals surface area (Å²) < 4.78 is 10.1. The lowest BCUT2D eigenvalue weighted by Gasteiger charge is -2.10. The van der Waals surface area contributed by atoms with Gasteiger partial charge in [0, 0.05) is 10.6 Å². The first kappa shape index (κ1) is 21.2. The molecule has 0 atom stereocenters. The van der Waals surface area contributed by atoms with Crippen molar-refractivity contribution >= 4 is 29.4 Å². The molecule has 28 heavy (non-hydrogen) atoms. The molecule has 2 aromatic rings. The van der Waals surface area contributed by atoms with Gasteiger partial charge >= 0.3 is 5.97 Å². The predicted molar refractivity (Wildman–Crippen MR) is 104 cm³/mol. The van der Waals surface area contributed by atoms with Crippen LogP contribution in [0.3, 0.4) is 0 Å². The van der Waals surface area contributed by atoms with Crippen molar-refractivity contribution in [2.45, 2.75) is 19.8 Å². The number of amides is 2. The largest absolute Gasteiger partial charge is 0.482 e. The zero-order valence-corrected chi connectivity index (χ0v) is 16.3. The topological polar surface area (TPSA) is 93.7 Å². The van der Waals surface area contributed by atoms with Crippen molar-refractivity contribution in [3.63, 3.8) is 0 Å². The maximum absolute atomic E-state index is 11.8. The number of carbonyl (C=O) groups excluding carboxylic acids is 3. The Labute approximate surface area is 167 Å². The molecule has 0 aliphatic rings. The quantitative estimate of drug-likeness (QED) is 0.546. The first-order chi connectivity index (χ1) is 13.3. The van der Waals surface area contributed by atoms with E-state index in [1.807, 2.05) is 12.1 Å². The van der Waals surface area contributed by atoms with Crippen LogP contribution >= 0.6 is 11.6 Å². The Bertz CT molecular complexity index is 819. The maximum Gasteiger partial charge on any atom is 0.344 e. The highest BCUT2D eigenvalue weighted by atomic mass is 35.5. The number of rotatable bonds is 7. The second-order valence-electron chi connectivity index (χ2n) is 6.18. The van der Waals surface area contributed by atoms with Crippen LogP contribution in [0.15, 0.2) is 48.5 Å². The van der Waals surface area contributed by atoms with Gasteiger partial charge in [-0.2, -0.15) is 0 Å². The molecule has 0 fully saturated rings. The van der Waals surface area contributed by atoms with E-state index in [4.69, 9.17) is 21.1 Å². The van der Waals surface area contributed by atoms with Gasteiger partial charge in [-0.3, -0.25) is 20.4 Å². The Morgan fingerprint density at radius 1 is 0.929 bits per heavy atom. The van der Waals surface area contributed by atoms with E-state index in [1.54, 1.807) is 24.3 Å². The highest BCUT2D eigenvalue weighted by Gasteiger charge is 2.11. The highest BCUT2D eigenvalue weighted by molar-refractivity contribution is 6.30. The van der Waals surface area contributed by atoms with Crippen molar-refractivity contribution in [1.29, 1.82) is 0 Å². The van der Waals surface area contributed by atoms with Crippen LogP contribution < -0.4 is 15.6 Å². The van der Waals surface area contributed by atoms with Crippen LogP contribution in [0.5, 0.6) is 5.75 Å². The maximum atomic E-state index is 11.8. The van der Waals surface area contributed by atoms with Gasteiger partial charge in [-0.25, -0.2) is 4.79 Å². The summed E-state index contributed by atoms with van der Waals surface area (Å²) in [7, 11) is 0. The fraction of sp³-hybridized carbons (Fsp3) is 0.250. The molecule has 7 nitrogen and oxygen atoms in total. The Balaban J connectivity index is 1.66. The molecule has 0 aliphatic heterocycles. The average molecular weight is 405 g/mol. The summed E-state index contributed by atoms with van der Waals surface area (Å²) in [6, 6.07) is 13.5. The standard InChI is InChI=1S/C20H21ClN2O5/c1-13(2)14-5-9-17(10-6-14)27-12-19(25)28-11-18(24)22-23-20(26)15-3-7-16(21)8-4-15/h3-10,13H,11-12H2,1-2H3,(H,22,24)(H,23,26). The van der Waals surface area contributed by atoms with Crippen LogP contribution in [0, 0.1) is 0 Å². The van der Waals surface area contributed by atoms with Gasteiger partial charge in [0.2, 0.25) is 0 Å². The third kappa shape index (κ3) is 6.92. The van der Waals surface area contributed by atoms with Gasteiger partial charge in [0.15, 0.2) is 13.2 Å². The van der Waals surface area contributed by atoms with E-state index >= 15 is 0 Å². The van der Waals surface area contributed by atoms with Gasteiger partial charge in [-0.1, -0.05) is 37.6 Å². The number of hydrogen-bond donors (Lipinski definition) is 2. The average Bonchev–Trinajstić information content (AvgIpc) is 2.69. The fourth-order valence-corrected chi connectivity index (χ4v) is 2.24. The van der Waals surface area contributed by atoms with Gasteiger partial charge in [0.1, 0.15) is 5.75 Å². The third-order valence-corrected chi connectivity index (χ3v) is 3.94. The number of carbonyl (C=O) groups is 3. The number of esters is 1. The molecule has 0 radical (unpaired) electrons. The molecule has 0 aliphatic carbocycles. The number of nitrogens with one attached hydrogen (secondary N) is 2. The van der Waals surface area contributed by atoms with Gasteiger partial charge in [-0.15, -0.1) is 0 Å². The van der Waals surface area contributed by atoms with E-state index in [-0.39, 0.29) is 6.61 Å². The molecule has 2 rings (SSSR count). The van der Waals surface area contributed by atoms with E-state index in [2.05, 4.69) is 24.7 Å². The molecule has 0 spiro atoms. The van der Waals surface area contributed by atoms with Crippen LogP contribution in [0.4, 0.5) is 0 Å². The Kier molecular flexibility index (Phi) is 7.83. The molecule has 0 saturated heterocycles. The SMILES string of the molecule is CC(C)c1ccc(OCC(=O)OCC(=O)NNC(=O)c2ccc(Cl)cc2)cc1. The lowest BCUT2D eigenvalue weighted by molar-refractivity contribution is -0.150. The molecular formula is C20H21ClN2O5. The smallest absolute Gasteiger partial charge is 0.344 e. The van der Waals surface area contributed by atoms with Crippen LogP contribution in [0.2, 0.25) is 5.02 Å². The van der Waals surface area contributed by atoms with Gasteiger partial charge in [0.05, 0.1) is 0 Å². The molecule has 0 aromatic heterocycles. The summed E-state index contributed by atoms with van der Waals surface area (Å²) in [5.41, 5.74) is 5.84. The lowest BCUT2D eigenvalue weighted by atomic mass is 10.0. The summed E-state index contributed by atoms with van der Waals surface area (Å²) in [5.74, 6) is -0.979. The minimum atomic E-state index is -0.702. The van der Waals surface area contributed by atoms with Gasteiger partial charge in [0.25, 0.3) is 11.8 Å². The van der Waals surface area contributed by atoms with Crippen molar-refractivity contribution < 1.29 is 23.9 Å². The Morgan fingerprint density at radius 2 is 1.57 bits per heavy atom. The number of halogens is 1. The first-order valence-electron chi connectivity index (χ1n) is 8.58. The zero-order valence-electron chi connectivity index (χ0n) is 15.5. The van der Waals surface area contributed by atoms with Crippen LogP contribution in [-0.2, 0) is 14.3 Å². The zero-order chi connectivity index (χ0) is 20.5. The number of hydrazine groups is 1. The number of benzene rings is 2. The summed E-state index contributed by atoms with van der Waals surface area (Å²) >= 11 is 5.74. The summed E-state index contributed by atoms with van der Waals surface area (Å²) in [6.45, 7) is 3.28. The molecule has 0 heterocycles. The molecule has 2 aromatic carbocycles. The molecule has 8 heteroatoms.